The molecule has 0 aromatic heterocycles. The minimum Gasteiger partial charge on any atom is -0.385 e. The quantitative estimate of drug-likeness (QED) is 0.550. The summed E-state index contributed by atoms with van der Waals surface area (Å²) in [6, 6.07) is 10.1. The van der Waals surface area contributed by atoms with E-state index in [1.54, 1.807) is 0 Å². The first-order valence-electron chi connectivity index (χ1n) is 6.79. The van der Waals surface area contributed by atoms with E-state index in [2.05, 4.69) is 5.32 Å². The van der Waals surface area contributed by atoms with Crippen LogP contribution < -0.4 is 10.2 Å². The van der Waals surface area contributed by atoms with Crippen LogP contribution in [0.25, 0.3) is 0 Å². The van der Waals surface area contributed by atoms with Crippen LogP contribution in [0, 0.1) is 0 Å². The zero-order valence-corrected chi connectivity index (χ0v) is 10.8. The summed E-state index contributed by atoms with van der Waals surface area (Å²) in [5.41, 5.74) is 1.16. The number of rotatable bonds is 6. The highest BCUT2D eigenvalue weighted by Gasteiger charge is 2.19. The van der Waals surface area contributed by atoms with Gasteiger partial charge in [0.1, 0.15) is 38.8 Å². The van der Waals surface area contributed by atoms with Gasteiger partial charge in [-0.2, -0.15) is 0 Å². The van der Waals surface area contributed by atoms with Crippen LogP contribution in [0.4, 0.5) is 0 Å². The first-order valence-corrected chi connectivity index (χ1v) is 6.79. The van der Waals surface area contributed by atoms with E-state index in [0.717, 1.165) is 25.2 Å². The molecule has 1 aliphatic rings. The molecule has 1 fully saturated rings. The molecule has 4 nitrogen and oxygen atoms in total. The number of hydrogen-bond donors (Lipinski definition) is 3. The summed E-state index contributed by atoms with van der Waals surface area (Å²) in [5.74, 6) is 0. The monoisotopic (exact) mass is 252 g/mol. The number of aliphatic hydroxyl groups excluding tert-OH is 1. The van der Waals surface area contributed by atoms with Gasteiger partial charge in [-0.15, -0.1) is 0 Å². The van der Waals surface area contributed by atoms with Gasteiger partial charge < -0.3 is 20.1 Å². The lowest BCUT2D eigenvalue weighted by Crippen LogP contribution is -3.21. The van der Waals surface area contributed by atoms with Gasteiger partial charge in [-0.25, -0.2) is 0 Å². The van der Waals surface area contributed by atoms with Gasteiger partial charge in [-0.3, -0.25) is 0 Å². The summed E-state index contributed by atoms with van der Waals surface area (Å²) in [5, 5.41) is 12.3. The molecule has 0 bridgehead atoms. The summed E-state index contributed by atoms with van der Waals surface area (Å²) in [7, 11) is 0. The van der Waals surface area contributed by atoms with Crippen LogP contribution in [0.15, 0.2) is 30.3 Å². The summed E-state index contributed by atoms with van der Waals surface area (Å²) >= 11 is 0. The Labute approximate surface area is 109 Å². The van der Waals surface area contributed by atoms with Crippen molar-refractivity contribution in [3.63, 3.8) is 0 Å². The smallest absolute Gasteiger partial charge is 0.127 e. The van der Waals surface area contributed by atoms with Crippen LogP contribution in [0.1, 0.15) is 5.56 Å². The fraction of sp³-hybridized carbons (Fsp3) is 0.571. The normalized spacial score (nSPS) is 18.7. The Kier molecular flexibility index (Phi) is 5.61. The van der Waals surface area contributed by atoms with Crippen molar-refractivity contribution in [1.29, 1.82) is 0 Å². The van der Waals surface area contributed by atoms with Gasteiger partial charge in [0.2, 0.25) is 0 Å². The third kappa shape index (κ3) is 4.74. The zero-order chi connectivity index (χ0) is 12.6. The summed E-state index contributed by atoms with van der Waals surface area (Å²) in [4.78, 5) is 1.49. The van der Waals surface area contributed by atoms with Crippen molar-refractivity contribution in [2.75, 3.05) is 39.3 Å². The molecule has 1 saturated heterocycles. The molecule has 18 heavy (non-hydrogen) atoms. The summed E-state index contributed by atoms with van der Waals surface area (Å²) < 4.78 is 5.55. The van der Waals surface area contributed by atoms with E-state index in [4.69, 9.17) is 4.74 Å². The predicted octanol–water partition coefficient (Wildman–Crippen LogP) is -1.97. The van der Waals surface area contributed by atoms with Crippen LogP contribution in [-0.2, 0) is 11.3 Å². The van der Waals surface area contributed by atoms with Crippen LogP contribution in [0.3, 0.4) is 0 Å². The van der Waals surface area contributed by atoms with Crippen LogP contribution >= 0.6 is 0 Å². The van der Waals surface area contributed by atoms with Crippen molar-refractivity contribution >= 4 is 0 Å². The van der Waals surface area contributed by atoms with Crippen molar-refractivity contribution in [3.05, 3.63) is 35.9 Å². The molecule has 0 spiro atoms. The zero-order valence-electron chi connectivity index (χ0n) is 10.8. The maximum atomic E-state index is 9.92. The Balaban J connectivity index is 1.61. The molecule has 1 atom stereocenters. The first-order chi connectivity index (χ1) is 8.84. The van der Waals surface area contributed by atoms with Gasteiger partial charge in [-0.1, -0.05) is 30.3 Å². The number of aliphatic hydroxyl groups is 1. The highest BCUT2D eigenvalue weighted by atomic mass is 16.5. The lowest BCUT2D eigenvalue weighted by Gasteiger charge is -2.24. The molecule has 4 heteroatoms. The number of quaternary nitrogens is 2. The van der Waals surface area contributed by atoms with Crippen molar-refractivity contribution in [2.24, 2.45) is 0 Å². The SMILES string of the molecule is O[C@H](COCc1ccccc1)C[NH+]1CC[NH2+]CC1. The van der Waals surface area contributed by atoms with E-state index in [0.29, 0.717) is 13.2 Å². The molecule has 1 aliphatic heterocycles. The van der Waals surface area contributed by atoms with E-state index in [-0.39, 0.29) is 6.10 Å². The molecule has 1 aromatic rings. The Morgan fingerprint density at radius 2 is 1.94 bits per heavy atom. The molecular weight excluding hydrogens is 228 g/mol. The average Bonchev–Trinajstić information content (AvgIpc) is 2.41. The van der Waals surface area contributed by atoms with E-state index in [9.17, 15) is 5.11 Å². The average molecular weight is 252 g/mol. The van der Waals surface area contributed by atoms with Crippen LogP contribution in [0.5, 0.6) is 0 Å². The minimum atomic E-state index is -0.346. The maximum Gasteiger partial charge on any atom is 0.127 e. The van der Waals surface area contributed by atoms with Crippen LogP contribution in [0.2, 0.25) is 0 Å². The second-order valence-electron chi connectivity index (χ2n) is 4.97. The fourth-order valence-electron chi connectivity index (χ4n) is 2.37. The van der Waals surface area contributed by atoms with E-state index < -0.39 is 0 Å². The molecule has 0 unspecified atom stereocenters. The van der Waals surface area contributed by atoms with Crippen molar-refractivity contribution in [3.8, 4) is 0 Å². The Morgan fingerprint density at radius 1 is 1.22 bits per heavy atom. The minimum absolute atomic E-state index is 0.346. The standard InChI is InChI=1S/C14H22N2O2/c17-14(10-16-8-6-15-7-9-16)12-18-11-13-4-2-1-3-5-13/h1-5,14-15,17H,6-12H2/p+2/t14-/m0/s1. The third-order valence-corrected chi connectivity index (χ3v) is 3.35. The second-order valence-corrected chi connectivity index (χ2v) is 4.97. The van der Waals surface area contributed by atoms with Gasteiger partial charge in [-0.05, 0) is 5.56 Å². The largest absolute Gasteiger partial charge is 0.385 e. The molecule has 2 rings (SSSR count). The molecule has 1 heterocycles. The van der Waals surface area contributed by atoms with E-state index >= 15 is 0 Å². The molecule has 4 N–H and O–H groups in total. The highest BCUT2D eigenvalue weighted by molar-refractivity contribution is 5.13. The Morgan fingerprint density at radius 3 is 2.67 bits per heavy atom. The fourth-order valence-corrected chi connectivity index (χ4v) is 2.37. The number of hydrogen-bond acceptors (Lipinski definition) is 2. The van der Waals surface area contributed by atoms with Gasteiger partial charge in [0.15, 0.2) is 0 Å². The van der Waals surface area contributed by atoms with Gasteiger partial charge in [0, 0.05) is 0 Å². The van der Waals surface area contributed by atoms with Gasteiger partial charge in [0.25, 0.3) is 0 Å². The second kappa shape index (κ2) is 7.48. The molecular formula is C14H24N2O2+2. The van der Waals surface area contributed by atoms with Crippen molar-refractivity contribution in [1.82, 2.24) is 0 Å². The molecule has 0 saturated carbocycles. The van der Waals surface area contributed by atoms with Crippen molar-refractivity contribution in [2.45, 2.75) is 12.7 Å². The first kappa shape index (κ1) is 13.5. The highest BCUT2D eigenvalue weighted by Crippen LogP contribution is 2.00. The van der Waals surface area contributed by atoms with E-state index in [1.165, 1.54) is 18.0 Å². The van der Waals surface area contributed by atoms with E-state index in [1.807, 2.05) is 30.3 Å². The maximum absolute atomic E-state index is 9.92. The van der Waals surface area contributed by atoms with Gasteiger partial charge in [0.05, 0.1) is 13.2 Å². The molecule has 100 valence electrons. The third-order valence-electron chi connectivity index (χ3n) is 3.35. The van der Waals surface area contributed by atoms with Gasteiger partial charge >= 0.3 is 0 Å². The van der Waals surface area contributed by atoms with Crippen molar-refractivity contribution < 1.29 is 20.1 Å². The molecule has 0 amide bonds. The Bertz CT molecular complexity index is 326. The topological polar surface area (TPSA) is 50.5 Å². The molecule has 0 aliphatic carbocycles. The van der Waals surface area contributed by atoms with Crippen LogP contribution in [-0.4, -0.2) is 50.5 Å². The number of ether oxygens (including phenoxy) is 1. The predicted molar refractivity (Wildman–Crippen MR) is 69.3 cm³/mol. The summed E-state index contributed by atoms with van der Waals surface area (Å²) in [6.07, 6.45) is -0.346. The summed E-state index contributed by atoms with van der Waals surface area (Å²) in [6.45, 7) is 6.47. The molecule has 1 aromatic carbocycles. The number of piperazine rings is 1. The molecule has 0 radical (unpaired) electrons. The number of benzene rings is 1. The number of nitrogens with two attached hydrogens (primary N) is 1. The number of nitrogens with one attached hydrogen (secondary N) is 1. The Hall–Kier alpha value is -0.940. The lowest BCUT2D eigenvalue weighted by atomic mass is 10.2. The lowest BCUT2D eigenvalue weighted by molar-refractivity contribution is -0.949.